The van der Waals surface area contributed by atoms with Crippen molar-refractivity contribution in [1.29, 1.82) is 0 Å². The van der Waals surface area contributed by atoms with Gasteiger partial charge in [-0.1, -0.05) is 17.7 Å². The Kier molecular flexibility index (Phi) is 5.06. The first-order valence-corrected chi connectivity index (χ1v) is 6.91. The molecule has 1 aromatic carbocycles. The Labute approximate surface area is 132 Å². The normalized spacial score (nSPS) is 11.6. The smallest absolute Gasteiger partial charge is 0.279 e. The maximum absolute atomic E-state index is 11.9. The molecule has 22 heavy (non-hydrogen) atoms. The second-order valence-corrected chi connectivity index (χ2v) is 4.99. The fourth-order valence-corrected chi connectivity index (χ4v) is 1.89. The van der Waals surface area contributed by atoms with E-state index in [4.69, 9.17) is 20.8 Å². The number of hydrogen-bond donors (Lipinski definition) is 2. The molecule has 7 heteroatoms. The number of carbonyl (C=O) groups is 2. The maximum Gasteiger partial charge on any atom is 0.279 e. The molecule has 2 amide bonds. The van der Waals surface area contributed by atoms with Crippen molar-refractivity contribution in [2.75, 3.05) is 0 Å². The summed E-state index contributed by atoms with van der Waals surface area (Å²) in [6, 6.07) is 8.21. The minimum atomic E-state index is -0.802. The van der Waals surface area contributed by atoms with E-state index in [1.54, 1.807) is 38.1 Å². The Morgan fingerprint density at radius 3 is 2.68 bits per heavy atom. The quantitative estimate of drug-likeness (QED) is 0.847. The van der Waals surface area contributed by atoms with Gasteiger partial charge >= 0.3 is 0 Å². The lowest BCUT2D eigenvalue weighted by Gasteiger charge is -2.15. The lowest BCUT2D eigenvalue weighted by atomic mass is 10.2. The van der Waals surface area contributed by atoms with E-state index in [9.17, 15) is 9.59 Å². The van der Waals surface area contributed by atoms with Crippen LogP contribution in [0.3, 0.4) is 0 Å². The van der Waals surface area contributed by atoms with E-state index in [1.807, 2.05) is 0 Å². The molecule has 2 aromatic rings. The van der Waals surface area contributed by atoms with E-state index in [0.717, 1.165) is 0 Å². The fraction of sp³-hybridized carbons (Fsp3) is 0.200. The first-order valence-electron chi connectivity index (χ1n) is 6.54. The molecule has 2 N–H and O–H groups in total. The number of hydrogen-bond acceptors (Lipinski definition) is 4. The number of ether oxygens (including phenoxy) is 1. The van der Waals surface area contributed by atoms with E-state index < -0.39 is 17.9 Å². The number of benzene rings is 1. The fourth-order valence-electron chi connectivity index (χ4n) is 1.71. The minimum Gasteiger partial charge on any atom is -0.481 e. The molecule has 0 saturated heterocycles. The number of amides is 2. The van der Waals surface area contributed by atoms with Gasteiger partial charge in [0.1, 0.15) is 11.5 Å². The first kappa shape index (κ1) is 15.9. The number of halogens is 1. The van der Waals surface area contributed by atoms with Crippen LogP contribution >= 0.6 is 11.6 Å². The van der Waals surface area contributed by atoms with E-state index >= 15 is 0 Å². The standard InChI is InChI=1S/C15H15ClN2O4/c1-9-13(6-7-21-9)15(20)18-17-14(19)10(2)22-12-5-3-4-11(16)8-12/h3-8,10H,1-2H3,(H,17,19)(H,18,20). The van der Waals surface area contributed by atoms with Crippen LogP contribution in [0.5, 0.6) is 5.75 Å². The summed E-state index contributed by atoms with van der Waals surface area (Å²) in [4.78, 5) is 23.7. The zero-order chi connectivity index (χ0) is 16.1. The summed E-state index contributed by atoms with van der Waals surface area (Å²) >= 11 is 5.84. The van der Waals surface area contributed by atoms with Crippen molar-refractivity contribution >= 4 is 23.4 Å². The molecule has 0 aliphatic carbocycles. The van der Waals surface area contributed by atoms with Crippen LogP contribution in [0.4, 0.5) is 0 Å². The SMILES string of the molecule is Cc1occc1C(=O)NNC(=O)C(C)Oc1cccc(Cl)c1. The molecular weight excluding hydrogens is 308 g/mol. The highest BCUT2D eigenvalue weighted by Crippen LogP contribution is 2.18. The molecule has 0 aliphatic rings. The molecule has 6 nitrogen and oxygen atoms in total. The van der Waals surface area contributed by atoms with Gasteiger partial charge in [-0.05, 0) is 38.1 Å². The van der Waals surface area contributed by atoms with Gasteiger partial charge in [0.2, 0.25) is 0 Å². The van der Waals surface area contributed by atoms with Crippen LogP contribution in [0, 0.1) is 6.92 Å². The number of carbonyl (C=O) groups excluding carboxylic acids is 2. The Bertz CT molecular complexity index is 684. The van der Waals surface area contributed by atoms with Crippen molar-refractivity contribution in [3.63, 3.8) is 0 Å². The molecule has 2 rings (SSSR count). The van der Waals surface area contributed by atoms with Gasteiger partial charge in [-0.15, -0.1) is 0 Å². The first-order chi connectivity index (χ1) is 10.5. The molecule has 1 atom stereocenters. The Morgan fingerprint density at radius 1 is 1.27 bits per heavy atom. The second kappa shape index (κ2) is 7.00. The monoisotopic (exact) mass is 322 g/mol. The molecule has 0 fully saturated rings. The van der Waals surface area contributed by atoms with E-state index in [0.29, 0.717) is 22.1 Å². The van der Waals surface area contributed by atoms with Gasteiger partial charge in [0.15, 0.2) is 6.10 Å². The third-order valence-electron chi connectivity index (χ3n) is 2.88. The number of nitrogens with one attached hydrogen (secondary N) is 2. The molecule has 0 bridgehead atoms. The number of furan rings is 1. The summed E-state index contributed by atoms with van der Waals surface area (Å²) in [5, 5.41) is 0.508. The minimum absolute atomic E-state index is 0.351. The molecule has 1 heterocycles. The predicted molar refractivity (Wildman–Crippen MR) is 80.6 cm³/mol. The number of aryl methyl sites for hydroxylation is 1. The maximum atomic E-state index is 11.9. The molecule has 0 radical (unpaired) electrons. The van der Waals surface area contributed by atoms with Crippen LogP contribution in [-0.4, -0.2) is 17.9 Å². The highest BCUT2D eigenvalue weighted by atomic mass is 35.5. The van der Waals surface area contributed by atoms with Gasteiger partial charge in [-0.3, -0.25) is 20.4 Å². The van der Waals surface area contributed by atoms with Crippen molar-refractivity contribution in [3.8, 4) is 5.75 Å². The molecular formula is C15H15ClN2O4. The van der Waals surface area contributed by atoms with Gasteiger partial charge in [-0.25, -0.2) is 0 Å². The molecule has 1 aromatic heterocycles. The molecule has 1 unspecified atom stereocenters. The highest BCUT2D eigenvalue weighted by Gasteiger charge is 2.17. The molecule has 0 spiro atoms. The molecule has 0 saturated carbocycles. The Hall–Kier alpha value is -2.47. The van der Waals surface area contributed by atoms with Gasteiger partial charge < -0.3 is 9.15 Å². The summed E-state index contributed by atoms with van der Waals surface area (Å²) in [7, 11) is 0. The summed E-state index contributed by atoms with van der Waals surface area (Å²) in [6.07, 6.45) is 0.598. The summed E-state index contributed by atoms with van der Waals surface area (Å²) < 4.78 is 10.5. The third kappa shape index (κ3) is 4.02. The largest absolute Gasteiger partial charge is 0.481 e. The van der Waals surface area contributed by atoms with Gasteiger partial charge in [-0.2, -0.15) is 0 Å². The lowest BCUT2D eigenvalue weighted by Crippen LogP contribution is -2.47. The summed E-state index contributed by atoms with van der Waals surface area (Å²) in [6.45, 7) is 3.22. The average molecular weight is 323 g/mol. The van der Waals surface area contributed by atoms with Crippen LogP contribution in [0.15, 0.2) is 41.0 Å². The van der Waals surface area contributed by atoms with Crippen LogP contribution in [-0.2, 0) is 4.79 Å². The van der Waals surface area contributed by atoms with E-state index in [1.165, 1.54) is 12.3 Å². The van der Waals surface area contributed by atoms with E-state index in [-0.39, 0.29) is 0 Å². The zero-order valence-electron chi connectivity index (χ0n) is 12.1. The van der Waals surface area contributed by atoms with E-state index in [2.05, 4.69) is 10.9 Å². The van der Waals surface area contributed by atoms with Crippen molar-refractivity contribution in [1.82, 2.24) is 10.9 Å². The number of hydrazine groups is 1. The van der Waals surface area contributed by atoms with Crippen molar-refractivity contribution in [3.05, 3.63) is 52.9 Å². The van der Waals surface area contributed by atoms with Crippen LogP contribution < -0.4 is 15.6 Å². The van der Waals surface area contributed by atoms with Gasteiger partial charge in [0, 0.05) is 5.02 Å². The van der Waals surface area contributed by atoms with Gasteiger partial charge in [0.25, 0.3) is 11.8 Å². The van der Waals surface area contributed by atoms with Crippen molar-refractivity contribution < 1.29 is 18.7 Å². The van der Waals surface area contributed by atoms with Crippen molar-refractivity contribution in [2.24, 2.45) is 0 Å². The Morgan fingerprint density at radius 2 is 2.05 bits per heavy atom. The van der Waals surface area contributed by atoms with Crippen LogP contribution in [0.2, 0.25) is 5.02 Å². The van der Waals surface area contributed by atoms with Crippen LogP contribution in [0.1, 0.15) is 23.0 Å². The molecule has 0 aliphatic heterocycles. The van der Waals surface area contributed by atoms with Crippen LogP contribution in [0.25, 0.3) is 0 Å². The van der Waals surface area contributed by atoms with Crippen molar-refractivity contribution in [2.45, 2.75) is 20.0 Å². The third-order valence-corrected chi connectivity index (χ3v) is 3.12. The predicted octanol–water partition coefficient (Wildman–Crippen LogP) is 2.47. The zero-order valence-corrected chi connectivity index (χ0v) is 12.8. The van der Waals surface area contributed by atoms with Gasteiger partial charge in [0.05, 0.1) is 11.8 Å². The lowest BCUT2D eigenvalue weighted by molar-refractivity contribution is -0.128. The molecule has 116 valence electrons. The topological polar surface area (TPSA) is 80.6 Å². The second-order valence-electron chi connectivity index (χ2n) is 4.55. The number of rotatable bonds is 4. The Balaban J connectivity index is 1.86. The summed E-state index contributed by atoms with van der Waals surface area (Å²) in [5.74, 6) is -0.0221. The summed E-state index contributed by atoms with van der Waals surface area (Å²) in [5.41, 5.74) is 4.94. The highest BCUT2D eigenvalue weighted by molar-refractivity contribution is 6.30. The average Bonchev–Trinajstić information content (AvgIpc) is 2.90.